The van der Waals surface area contributed by atoms with Gasteiger partial charge in [-0.3, -0.25) is 0 Å². The summed E-state index contributed by atoms with van der Waals surface area (Å²) in [5.41, 5.74) is 5.35. The normalized spacial score (nSPS) is 12.1. The molecule has 0 N–H and O–H groups in total. The SMILES string of the molecule is COc1cccc(CC(/C=C/CCBr)=C(/CCBr)Cc2cccc(OC)c2)c1. The van der Waals surface area contributed by atoms with Crippen LogP contribution in [-0.4, -0.2) is 24.9 Å². The van der Waals surface area contributed by atoms with Gasteiger partial charge in [0.15, 0.2) is 0 Å². The number of rotatable bonds is 11. The molecular weight excluding hydrogens is 480 g/mol. The number of ether oxygens (including phenoxy) is 2. The third kappa shape index (κ3) is 7.48. The fraction of sp³-hybridized carbons (Fsp3) is 0.333. The second-order valence-electron chi connectivity index (χ2n) is 6.50. The van der Waals surface area contributed by atoms with Gasteiger partial charge in [0.1, 0.15) is 11.5 Å². The molecule has 0 saturated carbocycles. The summed E-state index contributed by atoms with van der Waals surface area (Å²) in [5, 5.41) is 1.92. The van der Waals surface area contributed by atoms with Crippen molar-refractivity contribution < 1.29 is 9.47 Å². The maximum atomic E-state index is 5.40. The quantitative estimate of drug-likeness (QED) is 0.243. The first-order valence-electron chi connectivity index (χ1n) is 9.45. The van der Waals surface area contributed by atoms with Crippen LogP contribution in [0.4, 0.5) is 0 Å². The number of alkyl halides is 2. The van der Waals surface area contributed by atoms with Gasteiger partial charge in [-0.1, -0.05) is 73.9 Å². The molecule has 0 amide bonds. The number of benzene rings is 2. The zero-order chi connectivity index (χ0) is 20.2. The highest BCUT2D eigenvalue weighted by molar-refractivity contribution is 9.09. The molecular formula is C24H28Br2O2. The van der Waals surface area contributed by atoms with E-state index >= 15 is 0 Å². The molecule has 2 nitrogen and oxygen atoms in total. The molecule has 0 bridgehead atoms. The highest BCUT2D eigenvalue weighted by atomic mass is 79.9. The summed E-state index contributed by atoms with van der Waals surface area (Å²) in [6, 6.07) is 16.7. The van der Waals surface area contributed by atoms with Crippen LogP contribution >= 0.6 is 31.9 Å². The Bertz CT molecular complexity index is 797. The third-order valence-corrected chi connectivity index (χ3v) is 5.38. The lowest BCUT2D eigenvalue weighted by Gasteiger charge is -2.14. The van der Waals surface area contributed by atoms with Gasteiger partial charge in [-0.25, -0.2) is 0 Å². The number of halogens is 2. The first kappa shape index (κ1) is 22.8. The van der Waals surface area contributed by atoms with E-state index in [2.05, 4.69) is 80.4 Å². The Kier molecular flexibility index (Phi) is 10.4. The van der Waals surface area contributed by atoms with E-state index in [-0.39, 0.29) is 0 Å². The molecule has 150 valence electrons. The average molecular weight is 508 g/mol. The lowest BCUT2D eigenvalue weighted by Crippen LogP contribution is -2.01. The molecule has 0 aliphatic heterocycles. The van der Waals surface area contributed by atoms with Gasteiger partial charge in [-0.15, -0.1) is 0 Å². The van der Waals surface area contributed by atoms with Crippen molar-refractivity contribution >= 4 is 31.9 Å². The maximum absolute atomic E-state index is 5.40. The summed E-state index contributed by atoms with van der Waals surface area (Å²) >= 11 is 7.16. The van der Waals surface area contributed by atoms with E-state index in [0.29, 0.717) is 0 Å². The molecule has 0 aliphatic rings. The van der Waals surface area contributed by atoms with Crippen LogP contribution in [0.25, 0.3) is 0 Å². The number of allylic oxidation sites excluding steroid dienone is 4. The van der Waals surface area contributed by atoms with E-state index in [1.165, 1.54) is 22.3 Å². The van der Waals surface area contributed by atoms with Crippen molar-refractivity contribution in [3.05, 3.63) is 83.0 Å². The standard InChI is InChI=1S/C24H28Br2O2/c1-27-23-10-5-7-19(17-23)15-21(9-3-4-13-25)22(12-14-26)16-20-8-6-11-24(18-20)28-2/h3,5-11,17-18H,4,12-16H2,1-2H3/b9-3+,22-21-. The second-order valence-corrected chi connectivity index (χ2v) is 8.09. The molecule has 0 spiro atoms. The van der Waals surface area contributed by atoms with Gasteiger partial charge in [0.05, 0.1) is 14.2 Å². The van der Waals surface area contributed by atoms with Crippen molar-refractivity contribution in [2.24, 2.45) is 0 Å². The molecule has 0 saturated heterocycles. The molecule has 4 heteroatoms. The minimum Gasteiger partial charge on any atom is -0.497 e. The van der Waals surface area contributed by atoms with E-state index < -0.39 is 0 Å². The number of methoxy groups -OCH3 is 2. The van der Waals surface area contributed by atoms with Crippen molar-refractivity contribution in [3.63, 3.8) is 0 Å². The highest BCUT2D eigenvalue weighted by Crippen LogP contribution is 2.25. The Balaban J connectivity index is 2.38. The molecule has 28 heavy (non-hydrogen) atoms. The van der Waals surface area contributed by atoms with E-state index in [0.717, 1.165) is 47.8 Å². The summed E-state index contributed by atoms with van der Waals surface area (Å²) in [5.74, 6) is 1.80. The summed E-state index contributed by atoms with van der Waals surface area (Å²) in [6.45, 7) is 0. The summed E-state index contributed by atoms with van der Waals surface area (Å²) in [4.78, 5) is 0. The predicted molar refractivity (Wildman–Crippen MR) is 126 cm³/mol. The van der Waals surface area contributed by atoms with Crippen molar-refractivity contribution in [3.8, 4) is 11.5 Å². The van der Waals surface area contributed by atoms with Crippen LogP contribution in [-0.2, 0) is 12.8 Å². The van der Waals surface area contributed by atoms with E-state index in [1.54, 1.807) is 14.2 Å². The van der Waals surface area contributed by atoms with Gasteiger partial charge in [0, 0.05) is 10.7 Å². The molecule has 0 radical (unpaired) electrons. The van der Waals surface area contributed by atoms with Crippen molar-refractivity contribution in [1.29, 1.82) is 0 Å². The summed E-state index contributed by atoms with van der Waals surface area (Å²) in [6.07, 6.45) is 8.38. The fourth-order valence-corrected chi connectivity index (χ4v) is 3.84. The maximum Gasteiger partial charge on any atom is 0.119 e. The predicted octanol–water partition coefficient (Wildman–Crippen LogP) is 6.91. The van der Waals surface area contributed by atoms with Gasteiger partial charge in [-0.05, 0) is 66.6 Å². The molecule has 0 aromatic heterocycles. The minimum atomic E-state index is 0.891. The second kappa shape index (κ2) is 12.8. The molecule has 0 heterocycles. The first-order valence-corrected chi connectivity index (χ1v) is 11.7. The Morgan fingerprint density at radius 2 is 1.46 bits per heavy atom. The lowest BCUT2D eigenvalue weighted by molar-refractivity contribution is 0.414. The molecule has 2 aromatic carbocycles. The molecule has 0 aliphatic carbocycles. The van der Waals surface area contributed by atoms with Crippen LogP contribution in [0.2, 0.25) is 0 Å². The smallest absolute Gasteiger partial charge is 0.119 e. The molecule has 0 unspecified atom stereocenters. The van der Waals surface area contributed by atoms with Crippen LogP contribution < -0.4 is 9.47 Å². The molecule has 0 fully saturated rings. The minimum absolute atomic E-state index is 0.891. The van der Waals surface area contributed by atoms with Crippen LogP contribution in [0.1, 0.15) is 24.0 Å². The monoisotopic (exact) mass is 506 g/mol. The van der Waals surface area contributed by atoms with Crippen molar-refractivity contribution in [2.45, 2.75) is 25.7 Å². The van der Waals surface area contributed by atoms with E-state index in [9.17, 15) is 0 Å². The Hall–Kier alpha value is -1.52. The topological polar surface area (TPSA) is 18.5 Å². The molecule has 2 aromatic rings. The largest absolute Gasteiger partial charge is 0.497 e. The highest BCUT2D eigenvalue weighted by Gasteiger charge is 2.09. The van der Waals surface area contributed by atoms with Gasteiger partial charge >= 0.3 is 0 Å². The van der Waals surface area contributed by atoms with Gasteiger partial charge < -0.3 is 9.47 Å². The van der Waals surface area contributed by atoms with Gasteiger partial charge in [0.25, 0.3) is 0 Å². The zero-order valence-electron chi connectivity index (χ0n) is 16.6. The van der Waals surface area contributed by atoms with E-state index in [4.69, 9.17) is 9.47 Å². The summed E-state index contributed by atoms with van der Waals surface area (Å²) < 4.78 is 10.8. The summed E-state index contributed by atoms with van der Waals surface area (Å²) in [7, 11) is 3.43. The number of hydrogen-bond acceptors (Lipinski definition) is 2. The first-order chi connectivity index (χ1) is 13.7. The van der Waals surface area contributed by atoms with E-state index in [1.807, 2.05) is 12.1 Å². The Labute approximate surface area is 185 Å². The lowest BCUT2D eigenvalue weighted by atomic mass is 9.93. The van der Waals surface area contributed by atoms with Crippen LogP contribution in [0.3, 0.4) is 0 Å². The zero-order valence-corrected chi connectivity index (χ0v) is 19.8. The molecule has 0 atom stereocenters. The van der Waals surface area contributed by atoms with Crippen molar-refractivity contribution in [2.75, 3.05) is 24.9 Å². The van der Waals surface area contributed by atoms with Crippen LogP contribution in [0.5, 0.6) is 11.5 Å². The Morgan fingerprint density at radius 1 is 0.857 bits per heavy atom. The average Bonchev–Trinajstić information content (AvgIpc) is 2.73. The Morgan fingerprint density at radius 3 is 2.00 bits per heavy atom. The van der Waals surface area contributed by atoms with Crippen molar-refractivity contribution in [1.82, 2.24) is 0 Å². The fourth-order valence-electron chi connectivity index (χ4n) is 3.10. The number of hydrogen-bond donors (Lipinski definition) is 0. The van der Waals surface area contributed by atoms with Gasteiger partial charge in [0.2, 0.25) is 0 Å². The van der Waals surface area contributed by atoms with Gasteiger partial charge in [-0.2, -0.15) is 0 Å². The van der Waals surface area contributed by atoms with Crippen LogP contribution in [0.15, 0.2) is 71.8 Å². The molecule has 2 rings (SSSR count). The third-order valence-electron chi connectivity index (χ3n) is 4.53. The van der Waals surface area contributed by atoms with Crippen LogP contribution in [0, 0.1) is 0 Å².